The van der Waals surface area contributed by atoms with Crippen LogP contribution in [0.5, 0.6) is 0 Å². The zero-order valence-corrected chi connectivity index (χ0v) is 18.6. The van der Waals surface area contributed by atoms with Gasteiger partial charge in [-0.15, -0.1) is 34.2 Å². The van der Waals surface area contributed by atoms with Crippen molar-refractivity contribution in [1.82, 2.24) is 25.0 Å². The van der Waals surface area contributed by atoms with Gasteiger partial charge in [-0.3, -0.25) is 0 Å². The number of guanidine groups is 1. The van der Waals surface area contributed by atoms with Crippen LogP contribution < -0.4 is 5.32 Å². The summed E-state index contributed by atoms with van der Waals surface area (Å²) in [6.45, 7) is 4.74. The quantitative estimate of drug-likeness (QED) is 0.404. The first-order chi connectivity index (χ1) is 12.7. The number of nitrogens with zero attached hydrogens (tertiary/aromatic N) is 5. The molecule has 1 saturated carbocycles. The minimum atomic E-state index is 0. The Labute approximate surface area is 178 Å². The number of fused-ring (bicyclic) bond motifs is 5. The Balaban J connectivity index is 0.00000180. The van der Waals surface area contributed by atoms with E-state index in [1.54, 1.807) is 0 Å². The summed E-state index contributed by atoms with van der Waals surface area (Å²) in [6.07, 6.45) is 8.66. The molecule has 0 amide bonds. The molecule has 1 aliphatic carbocycles. The zero-order chi connectivity index (χ0) is 17.7. The van der Waals surface area contributed by atoms with Crippen LogP contribution in [0, 0.1) is 18.8 Å². The molecule has 7 nitrogen and oxygen atoms in total. The molecule has 2 bridgehead atoms. The molecule has 5 rings (SSSR count). The predicted octanol–water partition coefficient (Wildman–Crippen LogP) is 2.24. The molecule has 4 atom stereocenters. The summed E-state index contributed by atoms with van der Waals surface area (Å²) < 4.78 is 8.17. The Kier molecular flexibility index (Phi) is 5.64. The molecular weight excluding hydrogens is 455 g/mol. The van der Waals surface area contributed by atoms with Crippen molar-refractivity contribution < 1.29 is 4.74 Å². The van der Waals surface area contributed by atoms with E-state index < -0.39 is 0 Å². The van der Waals surface area contributed by atoms with E-state index in [-0.39, 0.29) is 24.0 Å². The molecule has 4 aliphatic rings. The van der Waals surface area contributed by atoms with Crippen molar-refractivity contribution in [1.29, 1.82) is 0 Å². The number of likely N-dealkylation sites (tertiary alicyclic amines) is 1. The predicted molar refractivity (Wildman–Crippen MR) is 114 cm³/mol. The van der Waals surface area contributed by atoms with Crippen LogP contribution in [0.2, 0.25) is 0 Å². The number of halogens is 1. The Hall–Kier alpha value is -0.900. The lowest BCUT2D eigenvalue weighted by Crippen LogP contribution is -2.45. The molecule has 4 heterocycles. The second-order valence-corrected chi connectivity index (χ2v) is 8.51. The third-order valence-corrected chi connectivity index (χ3v) is 6.99. The molecule has 0 radical (unpaired) electrons. The highest BCUT2D eigenvalue weighted by Crippen LogP contribution is 2.47. The van der Waals surface area contributed by atoms with Gasteiger partial charge in [-0.2, -0.15) is 0 Å². The maximum Gasteiger partial charge on any atom is 0.194 e. The van der Waals surface area contributed by atoms with Crippen LogP contribution in [0.4, 0.5) is 0 Å². The number of aliphatic imine (C=N–C) groups is 1. The molecule has 0 spiro atoms. The van der Waals surface area contributed by atoms with Gasteiger partial charge < -0.3 is 19.5 Å². The Morgan fingerprint density at radius 3 is 2.37 bits per heavy atom. The first kappa shape index (κ1) is 19.4. The first-order valence-corrected chi connectivity index (χ1v) is 10.3. The van der Waals surface area contributed by atoms with Gasteiger partial charge in [-0.1, -0.05) is 12.8 Å². The summed E-state index contributed by atoms with van der Waals surface area (Å²) in [5, 5.41) is 12.2. The molecule has 3 saturated heterocycles. The number of hydrogen-bond acceptors (Lipinski definition) is 4. The van der Waals surface area contributed by atoms with E-state index in [2.05, 4.69) is 20.4 Å². The third-order valence-electron chi connectivity index (χ3n) is 6.99. The highest BCUT2D eigenvalue weighted by atomic mass is 127. The van der Waals surface area contributed by atoms with E-state index >= 15 is 0 Å². The summed E-state index contributed by atoms with van der Waals surface area (Å²) in [5.74, 6) is 4.33. The maximum absolute atomic E-state index is 6.14. The molecule has 1 aromatic rings. The van der Waals surface area contributed by atoms with Crippen LogP contribution in [0.3, 0.4) is 0 Å². The smallest absolute Gasteiger partial charge is 0.194 e. The molecule has 4 unspecified atom stereocenters. The standard InChI is InChI=1S/C19H30N6O.HI/c1-12-22-23-18(24(12)2)9-20-19(21-13-5-3-4-6-13)25-10-14-15(11-25)17-8-7-16(14)26-17;/h13-17H,3-11H2,1-2H3,(H,20,21);1H. The fourth-order valence-corrected chi connectivity index (χ4v) is 5.36. The molecule has 1 aromatic heterocycles. The van der Waals surface area contributed by atoms with Crippen LogP contribution >= 0.6 is 24.0 Å². The number of ether oxygens (including phenoxy) is 1. The fraction of sp³-hybridized carbons (Fsp3) is 0.842. The van der Waals surface area contributed by atoms with Gasteiger partial charge in [-0.25, -0.2) is 4.99 Å². The van der Waals surface area contributed by atoms with E-state index in [0.29, 0.717) is 36.6 Å². The molecular formula is C19H31IN6O. The van der Waals surface area contributed by atoms with E-state index in [1.807, 2.05) is 18.5 Å². The van der Waals surface area contributed by atoms with Crippen molar-refractivity contribution in [3.63, 3.8) is 0 Å². The van der Waals surface area contributed by atoms with Gasteiger partial charge in [0.1, 0.15) is 12.4 Å². The normalized spacial score (nSPS) is 32.8. The lowest BCUT2D eigenvalue weighted by Gasteiger charge is -2.26. The van der Waals surface area contributed by atoms with Gasteiger partial charge in [-0.05, 0) is 32.6 Å². The largest absolute Gasteiger partial charge is 0.374 e. The molecule has 1 N–H and O–H groups in total. The number of nitrogens with one attached hydrogen (secondary N) is 1. The number of aromatic nitrogens is 3. The summed E-state index contributed by atoms with van der Waals surface area (Å²) in [7, 11) is 2.01. The number of hydrogen-bond donors (Lipinski definition) is 1. The summed E-state index contributed by atoms with van der Waals surface area (Å²) in [6, 6.07) is 0.573. The molecule has 3 aliphatic heterocycles. The van der Waals surface area contributed by atoms with Crippen molar-refractivity contribution in [2.45, 2.75) is 70.2 Å². The average Bonchev–Trinajstić information content (AvgIpc) is 3.43. The van der Waals surface area contributed by atoms with Crippen LogP contribution in [-0.2, 0) is 18.3 Å². The zero-order valence-electron chi connectivity index (χ0n) is 16.3. The van der Waals surface area contributed by atoms with Crippen LogP contribution in [0.15, 0.2) is 4.99 Å². The number of rotatable bonds is 3. The molecule has 27 heavy (non-hydrogen) atoms. The van der Waals surface area contributed by atoms with E-state index in [0.717, 1.165) is 30.7 Å². The molecule has 8 heteroatoms. The minimum absolute atomic E-state index is 0. The van der Waals surface area contributed by atoms with Crippen LogP contribution in [-0.4, -0.2) is 57.0 Å². The van der Waals surface area contributed by atoms with Gasteiger partial charge in [0.05, 0.1) is 12.2 Å². The Bertz CT molecular complexity index is 682. The van der Waals surface area contributed by atoms with Gasteiger partial charge in [0.2, 0.25) is 0 Å². The topological polar surface area (TPSA) is 67.6 Å². The van der Waals surface area contributed by atoms with Gasteiger partial charge >= 0.3 is 0 Å². The van der Waals surface area contributed by atoms with Crippen molar-refractivity contribution >= 4 is 29.9 Å². The van der Waals surface area contributed by atoms with Crippen LogP contribution in [0.25, 0.3) is 0 Å². The summed E-state index contributed by atoms with van der Waals surface area (Å²) >= 11 is 0. The summed E-state index contributed by atoms with van der Waals surface area (Å²) in [5.41, 5.74) is 0. The van der Waals surface area contributed by atoms with Crippen molar-refractivity contribution in [3.8, 4) is 0 Å². The molecule has 0 aromatic carbocycles. The average molecular weight is 486 g/mol. The second-order valence-electron chi connectivity index (χ2n) is 8.51. The van der Waals surface area contributed by atoms with Gasteiger partial charge in [0, 0.05) is 38.0 Å². The fourth-order valence-electron chi connectivity index (χ4n) is 5.36. The van der Waals surface area contributed by atoms with Crippen molar-refractivity contribution in [2.75, 3.05) is 13.1 Å². The van der Waals surface area contributed by atoms with Crippen molar-refractivity contribution in [3.05, 3.63) is 11.6 Å². The summed E-state index contributed by atoms with van der Waals surface area (Å²) in [4.78, 5) is 7.47. The molecule has 4 fully saturated rings. The second kappa shape index (κ2) is 7.85. The maximum atomic E-state index is 6.14. The lowest BCUT2D eigenvalue weighted by atomic mass is 9.82. The third kappa shape index (κ3) is 3.59. The highest BCUT2D eigenvalue weighted by molar-refractivity contribution is 14.0. The van der Waals surface area contributed by atoms with E-state index in [4.69, 9.17) is 9.73 Å². The Morgan fingerprint density at radius 1 is 1.11 bits per heavy atom. The SMILES string of the molecule is Cc1nnc(CN=C(NC2CCCC2)N2CC3C4CCC(O4)C3C2)n1C.I. The molecule has 150 valence electrons. The van der Waals surface area contributed by atoms with Crippen LogP contribution in [0.1, 0.15) is 50.2 Å². The van der Waals surface area contributed by atoms with E-state index in [9.17, 15) is 0 Å². The minimum Gasteiger partial charge on any atom is -0.374 e. The number of aryl methyl sites for hydroxylation is 1. The van der Waals surface area contributed by atoms with Gasteiger partial charge in [0.15, 0.2) is 11.8 Å². The first-order valence-electron chi connectivity index (χ1n) is 10.3. The monoisotopic (exact) mass is 486 g/mol. The van der Waals surface area contributed by atoms with Gasteiger partial charge in [0.25, 0.3) is 0 Å². The Morgan fingerprint density at radius 2 is 1.78 bits per heavy atom. The van der Waals surface area contributed by atoms with E-state index in [1.165, 1.54) is 38.5 Å². The lowest BCUT2D eigenvalue weighted by molar-refractivity contribution is 0.0766. The highest BCUT2D eigenvalue weighted by Gasteiger charge is 2.53. The van der Waals surface area contributed by atoms with Crippen molar-refractivity contribution in [2.24, 2.45) is 23.9 Å².